The Morgan fingerprint density at radius 2 is 1.93 bits per heavy atom. The normalized spacial score (nSPS) is 14.1. The molecule has 1 saturated heterocycles. The minimum atomic E-state index is -0.465. The van der Waals surface area contributed by atoms with E-state index in [0.717, 1.165) is 32.0 Å². The second kappa shape index (κ2) is 9.69. The van der Waals surface area contributed by atoms with Gasteiger partial charge in [-0.3, -0.25) is 19.8 Å². The average molecular weight is 419 g/mol. The van der Waals surface area contributed by atoms with Gasteiger partial charge in [-0.2, -0.15) is 0 Å². The summed E-state index contributed by atoms with van der Waals surface area (Å²) in [6.07, 6.45) is 0. The lowest BCUT2D eigenvalue weighted by Gasteiger charge is -2.28. The lowest BCUT2D eigenvalue weighted by atomic mass is 10.2. The molecule has 1 aliphatic rings. The number of hydrogen-bond acceptors (Lipinski definition) is 6. The summed E-state index contributed by atoms with van der Waals surface area (Å²) >= 11 is 6.13. The van der Waals surface area contributed by atoms with Crippen molar-refractivity contribution in [1.29, 1.82) is 0 Å². The molecule has 0 radical (unpaired) electrons. The second-order valence-corrected chi connectivity index (χ2v) is 7.31. The van der Waals surface area contributed by atoms with Crippen molar-refractivity contribution in [3.05, 3.63) is 63.2 Å². The summed E-state index contributed by atoms with van der Waals surface area (Å²) in [5, 5.41) is 14.2. The topological polar surface area (TPSA) is 88.0 Å². The smallest absolute Gasteiger partial charge is 0.269 e. The van der Waals surface area contributed by atoms with Crippen molar-refractivity contribution in [2.75, 3.05) is 50.1 Å². The molecular weight excluding hydrogens is 396 g/mol. The molecule has 0 saturated carbocycles. The first-order valence-electron chi connectivity index (χ1n) is 9.26. The first-order chi connectivity index (χ1) is 13.9. The third kappa shape index (κ3) is 5.90. The highest BCUT2D eigenvalue weighted by atomic mass is 35.5. The highest BCUT2D eigenvalue weighted by Crippen LogP contribution is 2.23. The van der Waals surface area contributed by atoms with Crippen molar-refractivity contribution in [3.63, 3.8) is 0 Å². The SMILES string of the molecule is CN(CC(=O)Nc1ccc(N2CCOCC2)cc1)Cc1cc([N+](=O)[O-])ccc1Cl. The van der Waals surface area contributed by atoms with E-state index < -0.39 is 4.92 Å². The zero-order valence-corrected chi connectivity index (χ0v) is 16.9. The highest BCUT2D eigenvalue weighted by Gasteiger charge is 2.14. The Kier molecular flexibility index (Phi) is 7.03. The molecule has 1 fully saturated rings. The number of nitro benzene ring substituents is 1. The largest absolute Gasteiger partial charge is 0.378 e. The molecule has 2 aromatic carbocycles. The molecule has 2 aromatic rings. The van der Waals surface area contributed by atoms with Crippen LogP contribution in [0.2, 0.25) is 5.02 Å². The average Bonchev–Trinajstić information content (AvgIpc) is 2.70. The van der Waals surface area contributed by atoms with Gasteiger partial charge >= 0.3 is 0 Å². The van der Waals surface area contributed by atoms with Crippen molar-refractivity contribution >= 4 is 34.6 Å². The fourth-order valence-corrected chi connectivity index (χ4v) is 3.34. The fraction of sp³-hybridized carbons (Fsp3) is 0.350. The number of non-ortho nitro benzene ring substituents is 1. The first-order valence-corrected chi connectivity index (χ1v) is 9.64. The summed E-state index contributed by atoms with van der Waals surface area (Å²) in [5.74, 6) is -0.173. The molecular formula is C20H23ClN4O4. The van der Waals surface area contributed by atoms with Crippen molar-refractivity contribution in [2.24, 2.45) is 0 Å². The number of hydrogen-bond donors (Lipinski definition) is 1. The van der Waals surface area contributed by atoms with Crippen LogP contribution in [0.1, 0.15) is 5.56 Å². The molecule has 8 nitrogen and oxygen atoms in total. The maximum absolute atomic E-state index is 12.3. The summed E-state index contributed by atoms with van der Waals surface area (Å²) in [6.45, 7) is 3.61. The number of anilines is 2. The molecule has 154 valence electrons. The van der Waals surface area contributed by atoms with Crippen LogP contribution in [-0.2, 0) is 16.1 Å². The van der Waals surface area contributed by atoms with Gasteiger partial charge in [-0.15, -0.1) is 0 Å². The van der Waals surface area contributed by atoms with Crippen LogP contribution in [0.3, 0.4) is 0 Å². The number of rotatable bonds is 7. The Morgan fingerprint density at radius 3 is 2.59 bits per heavy atom. The van der Waals surface area contributed by atoms with Crippen LogP contribution in [0.15, 0.2) is 42.5 Å². The number of nitrogens with zero attached hydrogens (tertiary/aromatic N) is 3. The van der Waals surface area contributed by atoms with Gasteiger partial charge in [0.1, 0.15) is 0 Å². The van der Waals surface area contributed by atoms with Crippen molar-refractivity contribution in [3.8, 4) is 0 Å². The zero-order chi connectivity index (χ0) is 20.8. The van der Waals surface area contributed by atoms with Crippen molar-refractivity contribution in [2.45, 2.75) is 6.54 Å². The number of nitrogens with one attached hydrogen (secondary N) is 1. The van der Waals surface area contributed by atoms with Gasteiger partial charge in [-0.25, -0.2) is 0 Å². The number of carbonyl (C=O) groups excluding carboxylic acids is 1. The first kappa shape index (κ1) is 21.0. The second-order valence-electron chi connectivity index (χ2n) is 6.90. The Hall–Kier alpha value is -2.68. The summed E-state index contributed by atoms with van der Waals surface area (Å²) in [7, 11) is 1.76. The van der Waals surface area contributed by atoms with E-state index in [-0.39, 0.29) is 18.1 Å². The summed E-state index contributed by atoms with van der Waals surface area (Å²) in [4.78, 5) is 26.8. The monoisotopic (exact) mass is 418 g/mol. The van der Waals surface area contributed by atoms with E-state index in [0.29, 0.717) is 22.8 Å². The van der Waals surface area contributed by atoms with Crippen LogP contribution in [0.5, 0.6) is 0 Å². The molecule has 9 heteroatoms. The minimum absolute atomic E-state index is 0.0254. The lowest BCUT2D eigenvalue weighted by Crippen LogP contribution is -2.36. The number of nitro groups is 1. The van der Waals surface area contributed by atoms with Crippen LogP contribution < -0.4 is 10.2 Å². The van der Waals surface area contributed by atoms with Crippen molar-refractivity contribution < 1.29 is 14.5 Å². The van der Waals surface area contributed by atoms with Gasteiger partial charge < -0.3 is 15.0 Å². The van der Waals surface area contributed by atoms with Gasteiger partial charge in [-0.05, 0) is 42.9 Å². The number of likely N-dealkylation sites (N-methyl/N-ethyl adjacent to an activating group) is 1. The van der Waals surface area contributed by atoms with E-state index in [1.165, 1.54) is 18.2 Å². The number of ether oxygens (including phenoxy) is 1. The fourth-order valence-electron chi connectivity index (χ4n) is 3.17. The standard InChI is InChI=1S/C20H23ClN4O4/c1-23(13-15-12-18(25(27)28)6-7-19(15)21)14-20(26)22-16-2-4-17(5-3-16)24-8-10-29-11-9-24/h2-7,12H,8-11,13-14H2,1H3,(H,22,26). The number of halogens is 1. The van der Waals surface area contributed by atoms with E-state index in [1.807, 2.05) is 24.3 Å². The predicted octanol–water partition coefficient (Wildman–Crippen LogP) is 3.16. The molecule has 29 heavy (non-hydrogen) atoms. The maximum Gasteiger partial charge on any atom is 0.269 e. The molecule has 1 amide bonds. The van der Waals surface area contributed by atoms with Gasteiger partial charge in [0.2, 0.25) is 5.91 Å². The quantitative estimate of drug-likeness (QED) is 0.549. The van der Waals surface area contributed by atoms with E-state index in [1.54, 1.807) is 11.9 Å². The van der Waals surface area contributed by atoms with Gasteiger partial charge in [-0.1, -0.05) is 11.6 Å². The van der Waals surface area contributed by atoms with E-state index in [9.17, 15) is 14.9 Å². The molecule has 1 N–H and O–H groups in total. The minimum Gasteiger partial charge on any atom is -0.378 e. The summed E-state index contributed by atoms with van der Waals surface area (Å²) < 4.78 is 5.36. The number of benzene rings is 2. The Balaban J connectivity index is 1.53. The van der Waals surface area contributed by atoms with Crippen molar-refractivity contribution in [1.82, 2.24) is 4.90 Å². The molecule has 0 bridgehead atoms. The van der Waals surface area contributed by atoms with E-state index in [4.69, 9.17) is 16.3 Å². The van der Waals surface area contributed by atoms with Gasteiger partial charge in [0, 0.05) is 48.2 Å². The van der Waals surface area contributed by atoms with Gasteiger partial charge in [0.15, 0.2) is 0 Å². The third-order valence-corrected chi connectivity index (χ3v) is 4.99. The number of amides is 1. The number of carbonyl (C=O) groups is 1. The molecule has 0 aliphatic carbocycles. The van der Waals surface area contributed by atoms with Crippen LogP contribution in [0.25, 0.3) is 0 Å². The Labute approximate surface area is 174 Å². The molecule has 1 heterocycles. The lowest BCUT2D eigenvalue weighted by molar-refractivity contribution is -0.384. The third-order valence-electron chi connectivity index (χ3n) is 4.62. The molecule has 0 aromatic heterocycles. The van der Waals surface area contributed by atoms with Gasteiger partial charge in [0.25, 0.3) is 5.69 Å². The molecule has 3 rings (SSSR count). The van der Waals surface area contributed by atoms with Crippen LogP contribution in [-0.4, -0.2) is 55.6 Å². The molecule has 1 aliphatic heterocycles. The van der Waals surface area contributed by atoms with Crippen LogP contribution >= 0.6 is 11.6 Å². The van der Waals surface area contributed by atoms with Crippen LogP contribution in [0, 0.1) is 10.1 Å². The van der Waals surface area contributed by atoms with Gasteiger partial charge in [0.05, 0.1) is 24.7 Å². The predicted molar refractivity (Wildman–Crippen MR) is 113 cm³/mol. The summed E-state index contributed by atoms with van der Waals surface area (Å²) in [6, 6.07) is 12.0. The molecule has 0 atom stereocenters. The summed E-state index contributed by atoms with van der Waals surface area (Å²) in [5.41, 5.74) is 2.39. The van der Waals surface area contributed by atoms with Crippen LogP contribution in [0.4, 0.5) is 17.1 Å². The Bertz CT molecular complexity index is 869. The maximum atomic E-state index is 12.3. The highest BCUT2D eigenvalue weighted by molar-refractivity contribution is 6.31. The molecule has 0 spiro atoms. The Morgan fingerprint density at radius 1 is 1.24 bits per heavy atom. The number of morpholine rings is 1. The molecule has 0 unspecified atom stereocenters. The van der Waals surface area contributed by atoms with E-state index >= 15 is 0 Å². The zero-order valence-electron chi connectivity index (χ0n) is 16.1. The van der Waals surface area contributed by atoms with E-state index in [2.05, 4.69) is 10.2 Å².